The number of carbonyl (C=O) groups excluding carboxylic acids is 5. The first-order chi connectivity index (χ1) is 29.1. The number of hydrogen-bond acceptors (Lipinski definition) is 24. The van der Waals surface area contributed by atoms with Crippen LogP contribution in [0.2, 0.25) is 0 Å². The summed E-state index contributed by atoms with van der Waals surface area (Å²) in [6, 6.07) is 3.10. The molecule has 7 atom stereocenters. The van der Waals surface area contributed by atoms with E-state index in [4.69, 9.17) is 33.2 Å². The minimum Gasteiger partial charge on any atom is -0.504 e. The first kappa shape index (κ1) is 40.9. The maximum absolute atomic E-state index is 14.5. The smallest absolute Gasteiger partial charge is 0.339 e. The van der Waals surface area contributed by atoms with Gasteiger partial charge < -0.3 is 89.3 Å². The molecule has 8 rings (SSSR count). The average molecular weight is 866 g/mol. The van der Waals surface area contributed by atoms with E-state index in [1.54, 1.807) is 6.07 Å². The molecule has 11 N–H and O–H groups in total. The van der Waals surface area contributed by atoms with Crippen LogP contribution in [-0.4, -0.2) is 141 Å². The van der Waals surface area contributed by atoms with E-state index in [2.05, 4.69) is 6.58 Å². The Morgan fingerprint density at radius 1 is 0.726 bits per heavy atom. The van der Waals surface area contributed by atoms with Gasteiger partial charge in [0.1, 0.15) is 12.7 Å². The topological polar surface area (TPSA) is 396 Å². The third kappa shape index (κ3) is 5.75. The lowest BCUT2D eigenvalue weighted by Gasteiger charge is -2.49. The van der Waals surface area contributed by atoms with Crippen LogP contribution >= 0.6 is 0 Å². The van der Waals surface area contributed by atoms with Crippen LogP contribution in [0, 0.1) is 11.3 Å². The van der Waals surface area contributed by atoms with E-state index in [0.717, 1.165) is 0 Å². The van der Waals surface area contributed by atoms with Crippen molar-refractivity contribution in [3.05, 3.63) is 64.3 Å². The fourth-order valence-corrected chi connectivity index (χ4v) is 7.61. The summed E-state index contributed by atoms with van der Waals surface area (Å²) < 4.78 is 39.3. The SMILES string of the molecule is C=C(C#N)CO[C@@H]1O[C@@H]2COC(=O)c3cc(O)c(O)c(O)c3-c3c(cc(O)c(O)c3O)C(=O)O[C@@H]3[C@H]1OC(=O)c1cc(O)c(O)c4c1[C@@H]1C(=CC(=O)[C@](O)(O4)C1(O)O)C(=O)O[C@@H]32. The number of cyclic esters (lactones) is 1. The molecule has 0 amide bonds. The van der Waals surface area contributed by atoms with E-state index in [1.807, 2.05) is 0 Å². The van der Waals surface area contributed by atoms with Crippen molar-refractivity contribution in [2.75, 3.05) is 13.2 Å². The number of nitrogens with zero attached hydrogens (tertiary/aromatic N) is 1. The fraction of sp³-hybridized carbons (Fsp3) is 0.263. The minimum atomic E-state index is -3.89. The number of rotatable bonds is 3. The molecule has 4 aliphatic heterocycles. The second kappa shape index (κ2) is 13.9. The first-order valence-electron chi connectivity index (χ1n) is 17.5. The predicted octanol–water partition coefficient (Wildman–Crippen LogP) is -0.979. The molecule has 0 radical (unpaired) electrons. The van der Waals surface area contributed by atoms with E-state index in [0.29, 0.717) is 24.3 Å². The average Bonchev–Trinajstić information content (AvgIpc) is 3.22. The summed E-state index contributed by atoms with van der Waals surface area (Å²) in [4.78, 5) is 70.4. The van der Waals surface area contributed by atoms with Gasteiger partial charge in [-0.3, -0.25) is 4.79 Å². The highest BCUT2D eigenvalue weighted by atomic mass is 16.7. The van der Waals surface area contributed by atoms with Gasteiger partial charge >= 0.3 is 29.7 Å². The maximum atomic E-state index is 14.5. The van der Waals surface area contributed by atoms with Crippen molar-refractivity contribution in [2.45, 2.75) is 48.2 Å². The molecule has 0 aromatic heterocycles. The Bertz CT molecular complexity index is 2680. The molecule has 6 bridgehead atoms. The van der Waals surface area contributed by atoms with Crippen molar-refractivity contribution in [1.82, 2.24) is 0 Å². The van der Waals surface area contributed by atoms with E-state index in [-0.39, 0.29) is 5.57 Å². The number of phenolic OH excluding ortho intramolecular Hbond substituents is 8. The summed E-state index contributed by atoms with van der Waals surface area (Å²) in [6.07, 6.45) is -10.6. The van der Waals surface area contributed by atoms with E-state index >= 15 is 0 Å². The van der Waals surface area contributed by atoms with Gasteiger partial charge in [-0.2, -0.15) is 5.26 Å². The quantitative estimate of drug-likeness (QED) is 0.0495. The van der Waals surface area contributed by atoms with E-state index in [9.17, 15) is 85.4 Å². The van der Waals surface area contributed by atoms with Gasteiger partial charge in [-0.05, 0) is 24.3 Å². The molecule has 5 aliphatic rings. The fourth-order valence-electron chi connectivity index (χ4n) is 7.61. The molecule has 3 aromatic carbocycles. The molecule has 0 saturated carbocycles. The van der Waals surface area contributed by atoms with Crippen LogP contribution in [0.3, 0.4) is 0 Å². The van der Waals surface area contributed by atoms with Crippen molar-refractivity contribution in [3.8, 4) is 68.9 Å². The van der Waals surface area contributed by atoms with Gasteiger partial charge in [-0.25, -0.2) is 19.2 Å². The lowest BCUT2D eigenvalue weighted by atomic mass is 9.70. The van der Waals surface area contributed by atoms with Crippen LogP contribution in [0.5, 0.6) is 51.7 Å². The van der Waals surface area contributed by atoms with Gasteiger partial charge in [0.25, 0.3) is 5.79 Å². The van der Waals surface area contributed by atoms with Crippen LogP contribution in [0.15, 0.2) is 42.0 Å². The Balaban J connectivity index is 1.39. The standard InChI is InChI=1S/C38H27NO23/c1-9(6-39)7-57-36-31-30-28(59-35(52)13-5-18(43)38(55)37(53,54)22(13)21-12(34(51)61-31)4-16(42)25(46)29(21)62-38)17(58-36)8-56-32(49)10-2-14(40)23(44)26(47)19(10)20-11(33(50)60-30)3-15(41)24(45)27(20)48/h2-5,17,22,28,30-31,36,40-42,44-48,53-55H,1,7-8H2/t17-,22+,28-,30+,31-,36-,38+/m1/s1. The Hall–Kier alpha value is -7.82. The number of nitriles is 1. The highest BCUT2D eigenvalue weighted by molar-refractivity contribution is 6.10. The van der Waals surface area contributed by atoms with Crippen LogP contribution in [0.1, 0.15) is 42.6 Å². The third-order valence-corrected chi connectivity index (χ3v) is 10.6. The Kier molecular flexibility index (Phi) is 9.16. The van der Waals surface area contributed by atoms with Crippen LogP contribution in [0.4, 0.5) is 0 Å². The number of ketones is 1. The number of carbonyl (C=O) groups is 5. The molecule has 0 spiro atoms. The molecule has 62 heavy (non-hydrogen) atoms. The van der Waals surface area contributed by atoms with Crippen LogP contribution in [0.25, 0.3) is 11.1 Å². The minimum absolute atomic E-state index is 0.291. The van der Waals surface area contributed by atoms with Crippen molar-refractivity contribution < 1.29 is 113 Å². The molecule has 24 nitrogen and oxygen atoms in total. The van der Waals surface area contributed by atoms with Gasteiger partial charge in [-0.1, -0.05) is 6.58 Å². The van der Waals surface area contributed by atoms with E-state index in [1.165, 1.54) is 0 Å². The van der Waals surface area contributed by atoms with Gasteiger partial charge in [0, 0.05) is 22.3 Å². The Morgan fingerprint density at radius 2 is 1.26 bits per heavy atom. The van der Waals surface area contributed by atoms with E-state index < -0.39 is 182 Å². The largest absolute Gasteiger partial charge is 0.504 e. The van der Waals surface area contributed by atoms with Gasteiger partial charge in [-0.15, -0.1) is 0 Å². The van der Waals surface area contributed by atoms with Crippen molar-refractivity contribution in [1.29, 1.82) is 5.26 Å². The number of hydrogen-bond donors (Lipinski definition) is 11. The van der Waals surface area contributed by atoms with Crippen molar-refractivity contribution in [2.24, 2.45) is 0 Å². The number of phenols is 8. The maximum Gasteiger partial charge on any atom is 0.339 e. The summed E-state index contributed by atoms with van der Waals surface area (Å²) in [7, 11) is 0. The number of fused-ring (bicyclic) bond motifs is 4. The van der Waals surface area contributed by atoms with Gasteiger partial charge in [0.15, 0.2) is 59.1 Å². The van der Waals surface area contributed by atoms with Gasteiger partial charge in [0.2, 0.25) is 23.0 Å². The zero-order chi connectivity index (χ0) is 45.1. The molecule has 1 saturated heterocycles. The number of aliphatic hydroxyl groups is 3. The second-order valence-corrected chi connectivity index (χ2v) is 14.2. The third-order valence-electron chi connectivity index (χ3n) is 10.6. The molecular formula is C38H27NO23. The Labute approximate surface area is 342 Å². The number of benzene rings is 3. The zero-order valence-electron chi connectivity index (χ0n) is 30.7. The van der Waals surface area contributed by atoms with Crippen LogP contribution in [-0.2, 0) is 38.0 Å². The summed E-state index contributed by atoms with van der Waals surface area (Å²) in [5.74, 6) is -30.1. The summed E-state index contributed by atoms with van der Waals surface area (Å²) >= 11 is 0. The van der Waals surface area contributed by atoms with Crippen LogP contribution < -0.4 is 4.74 Å². The number of aromatic hydroxyl groups is 8. The predicted molar refractivity (Wildman–Crippen MR) is 188 cm³/mol. The lowest BCUT2D eigenvalue weighted by Crippen LogP contribution is -2.70. The Morgan fingerprint density at radius 3 is 1.87 bits per heavy atom. The molecule has 1 fully saturated rings. The summed E-state index contributed by atoms with van der Waals surface area (Å²) in [5.41, 5.74) is -7.32. The second-order valence-electron chi connectivity index (χ2n) is 14.2. The number of esters is 4. The normalized spacial score (nSPS) is 27.0. The molecule has 4 heterocycles. The van der Waals surface area contributed by atoms with Crippen molar-refractivity contribution in [3.63, 3.8) is 0 Å². The number of ether oxygens (including phenoxy) is 7. The first-order valence-corrected chi connectivity index (χ1v) is 17.5. The molecule has 3 aromatic rings. The van der Waals surface area contributed by atoms with Gasteiger partial charge in [0.05, 0.1) is 40.9 Å². The molecular weight excluding hydrogens is 838 g/mol. The zero-order valence-corrected chi connectivity index (χ0v) is 30.7. The molecule has 1 aliphatic carbocycles. The molecule has 322 valence electrons. The summed E-state index contributed by atoms with van der Waals surface area (Å²) in [5, 5.41) is 129. The van der Waals surface area contributed by atoms with Crippen molar-refractivity contribution >= 4 is 29.7 Å². The highest BCUT2D eigenvalue weighted by Gasteiger charge is 2.70. The summed E-state index contributed by atoms with van der Waals surface area (Å²) in [6.45, 7) is 1.59. The molecule has 0 unspecified atom stereocenters. The highest BCUT2D eigenvalue weighted by Crippen LogP contribution is 2.58. The monoisotopic (exact) mass is 865 g/mol. The molecule has 24 heteroatoms. The lowest BCUT2D eigenvalue weighted by molar-refractivity contribution is -0.339.